The Morgan fingerprint density at radius 2 is 1.77 bits per heavy atom. The van der Waals surface area contributed by atoms with Gasteiger partial charge < -0.3 is 10.1 Å². The first-order valence-corrected chi connectivity index (χ1v) is 8.99. The summed E-state index contributed by atoms with van der Waals surface area (Å²) in [5, 5.41) is 2.99. The van der Waals surface area contributed by atoms with E-state index < -0.39 is 12.1 Å². The Hall–Kier alpha value is -2.82. The summed E-state index contributed by atoms with van der Waals surface area (Å²) in [6.45, 7) is 4.70. The van der Waals surface area contributed by atoms with E-state index in [1.807, 2.05) is 30.3 Å². The number of carbonyl (C=O) groups excluding carboxylic acids is 2. The lowest BCUT2D eigenvalue weighted by atomic mass is 10.0. The van der Waals surface area contributed by atoms with E-state index >= 15 is 0 Å². The minimum atomic E-state index is -0.508. The van der Waals surface area contributed by atoms with E-state index in [9.17, 15) is 9.59 Å². The largest absolute Gasteiger partial charge is 0.415 e. The van der Waals surface area contributed by atoms with Gasteiger partial charge in [-0.3, -0.25) is 9.69 Å². The smallest absolute Gasteiger partial charge is 0.410 e. The molecular weight excluding hydrogens is 328 g/mol. The second-order valence-corrected chi connectivity index (χ2v) is 6.76. The van der Waals surface area contributed by atoms with Crippen LogP contribution in [0.1, 0.15) is 38.2 Å². The molecule has 26 heavy (non-hydrogen) atoms. The van der Waals surface area contributed by atoms with E-state index in [0.717, 1.165) is 17.7 Å². The number of ether oxygens (including phenoxy) is 1. The highest BCUT2D eigenvalue weighted by molar-refractivity contribution is 5.97. The molecule has 0 bridgehead atoms. The van der Waals surface area contributed by atoms with Gasteiger partial charge in [0.05, 0.1) is 0 Å². The topological polar surface area (TPSA) is 58.6 Å². The summed E-state index contributed by atoms with van der Waals surface area (Å²) in [4.78, 5) is 26.8. The Kier molecular flexibility index (Phi) is 5.56. The van der Waals surface area contributed by atoms with Crippen LogP contribution in [0.4, 0.5) is 10.5 Å². The summed E-state index contributed by atoms with van der Waals surface area (Å²) >= 11 is 0. The third kappa shape index (κ3) is 4.04. The van der Waals surface area contributed by atoms with E-state index in [4.69, 9.17) is 4.74 Å². The van der Waals surface area contributed by atoms with Crippen LogP contribution in [-0.2, 0) is 4.79 Å². The zero-order chi connectivity index (χ0) is 18.5. The molecule has 0 spiro atoms. The van der Waals surface area contributed by atoms with Gasteiger partial charge in [-0.25, -0.2) is 4.79 Å². The van der Waals surface area contributed by atoms with Crippen LogP contribution in [0.25, 0.3) is 0 Å². The van der Waals surface area contributed by atoms with Crippen LogP contribution in [0.3, 0.4) is 0 Å². The van der Waals surface area contributed by atoms with Gasteiger partial charge in [0.1, 0.15) is 11.8 Å². The van der Waals surface area contributed by atoms with E-state index in [0.29, 0.717) is 24.6 Å². The molecule has 1 atom stereocenters. The van der Waals surface area contributed by atoms with Crippen molar-refractivity contribution in [3.8, 4) is 5.75 Å². The molecule has 1 heterocycles. The van der Waals surface area contributed by atoms with Gasteiger partial charge in [-0.15, -0.1) is 0 Å². The molecule has 2 aromatic rings. The zero-order valence-electron chi connectivity index (χ0n) is 15.1. The van der Waals surface area contributed by atoms with Gasteiger partial charge in [-0.05, 0) is 42.5 Å². The number of hydrogen-bond acceptors (Lipinski definition) is 3. The fourth-order valence-corrected chi connectivity index (χ4v) is 3.24. The lowest BCUT2D eigenvalue weighted by Crippen LogP contribution is -2.44. The fraction of sp³-hybridized carbons (Fsp3) is 0.333. The van der Waals surface area contributed by atoms with Crippen molar-refractivity contribution in [1.29, 1.82) is 0 Å². The molecule has 1 aliphatic heterocycles. The van der Waals surface area contributed by atoms with Crippen molar-refractivity contribution in [3.05, 3.63) is 60.2 Å². The number of carbonyl (C=O) groups is 2. The molecule has 2 amide bonds. The normalized spacial score (nSPS) is 16.6. The van der Waals surface area contributed by atoms with Crippen molar-refractivity contribution in [3.63, 3.8) is 0 Å². The summed E-state index contributed by atoms with van der Waals surface area (Å²) in [6.07, 6.45) is 0.943. The summed E-state index contributed by atoms with van der Waals surface area (Å²) < 4.78 is 5.40. The number of nitrogens with zero attached hydrogens (tertiary/aromatic N) is 1. The Morgan fingerprint density at radius 3 is 2.50 bits per heavy atom. The number of benzene rings is 2. The Labute approximate surface area is 154 Å². The molecule has 1 aliphatic rings. The number of anilines is 1. The van der Waals surface area contributed by atoms with Crippen molar-refractivity contribution in [2.24, 2.45) is 0 Å². The van der Waals surface area contributed by atoms with Gasteiger partial charge in [0.2, 0.25) is 5.91 Å². The molecule has 1 N–H and O–H groups in total. The average molecular weight is 352 g/mol. The Bertz CT molecular complexity index is 774. The molecule has 0 aromatic heterocycles. The van der Waals surface area contributed by atoms with Crippen LogP contribution in [-0.4, -0.2) is 29.5 Å². The second kappa shape index (κ2) is 8.04. The first-order chi connectivity index (χ1) is 12.6. The lowest BCUT2D eigenvalue weighted by molar-refractivity contribution is -0.119. The third-order valence-electron chi connectivity index (χ3n) is 4.58. The van der Waals surface area contributed by atoms with Gasteiger partial charge in [0, 0.05) is 12.2 Å². The molecule has 1 fully saturated rings. The Morgan fingerprint density at radius 1 is 1.08 bits per heavy atom. The molecule has 5 heteroatoms. The Balaban J connectivity index is 1.70. The van der Waals surface area contributed by atoms with Crippen molar-refractivity contribution >= 4 is 17.7 Å². The fourth-order valence-electron chi connectivity index (χ4n) is 3.24. The van der Waals surface area contributed by atoms with Crippen molar-refractivity contribution < 1.29 is 14.3 Å². The molecule has 0 radical (unpaired) electrons. The molecule has 0 saturated carbocycles. The van der Waals surface area contributed by atoms with Crippen LogP contribution in [0.5, 0.6) is 5.75 Å². The number of hydrogen-bond donors (Lipinski definition) is 1. The van der Waals surface area contributed by atoms with Gasteiger partial charge >= 0.3 is 6.09 Å². The third-order valence-corrected chi connectivity index (χ3v) is 4.58. The summed E-state index contributed by atoms with van der Waals surface area (Å²) in [5.74, 6) is 0.614. The first-order valence-electron chi connectivity index (χ1n) is 8.99. The summed E-state index contributed by atoms with van der Waals surface area (Å²) in [7, 11) is 0. The summed E-state index contributed by atoms with van der Waals surface area (Å²) in [6, 6.07) is 16.2. The first kappa shape index (κ1) is 18.0. The molecule has 1 saturated heterocycles. The molecular formula is C21H24N2O3. The number of para-hydroxylation sites is 2. The average Bonchev–Trinajstić information content (AvgIpc) is 3.13. The van der Waals surface area contributed by atoms with Crippen LogP contribution >= 0.6 is 0 Å². The van der Waals surface area contributed by atoms with E-state index in [1.54, 1.807) is 24.3 Å². The highest BCUT2D eigenvalue weighted by Gasteiger charge is 2.35. The van der Waals surface area contributed by atoms with Crippen molar-refractivity contribution in [2.75, 3.05) is 11.9 Å². The maximum Gasteiger partial charge on any atom is 0.415 e. The van der Waals surface area contributed by atoms with Crippen LogP contribution in [0.15, 0.2) is 54.6 Å². The quantitative estimate of drug-likeness (QED) is 0.886. The van der Waals surface area contributed by atoms with Crippen LogP contribution in [0.2, 0.25) is 0 Å². The number of amides is 2. The molecule has 0 unspecified atom stereocenters. The maximum absolute atomic E-state index is 12.8. The van der Waals surface area contributed by atoms with E-state index in [-0.39, 0.29) is 5.91 Å². The standard InChI is InChI=1S/C21H24N2O3/c1-15(2)17-11-6-7-12-18(17)22-20(24)19-13-8-14-23(19)21(25)26-16-9-4-3-5-10-16/h3-7,9-12,15,19H,8,13-14H2,1-2H3,(H,22,24)/t19-/m0/s1. The maximum atomic E-state index is 12.8. The van der Waals surface area contributed by atoms with Crippen molar-refractivity contribution in [1.82, 2.24) is 4.90 Å². The SMILES string of the molecule is CC(C)c1ccccc1NC(=O)[C@@H]1CCCN1C(=O)Oc1ccccc1. The van der Waals surface area contributed by atoms with E-state index in [1.165, 1.54) is 4.90 Å². The van der Waals surface area contributed by atoms with Gasteiger partial charge in [0.25, 0.3) is 0 Å². The zero-order valence-corrected chi connectivity index (χ0v) is 15.1. The highest BCUT2D eigenvalue weighted by Crippen LogP contribution is 2.26. The van der Waals surface area contributed by atoms with Crippen LogP contribution in [0, 0.1) is 0 Å². The predicted molar refractivity (Wildman–Crippen MR) is 101 cm³/mol. The van der Waals surface area contributed by atoms with E-state index in [2.05, 4.69) is 19.2 Å². The summed E-state index contributed by atoms with van der Waals surface area (Å²) in [5.41, 5.74) is 1.88. The molecule has 3 rings (SSSR count). The molecule has 2 aromatic carbocycles. The van der Waals surface area contributed by atoms with Gasteiger partial charge in [-0.1, -0.05) is 50.2 Å². The molecule has 0 aliphatic carbocycles. The van der Waals surface area contributed by atoms with Gasteiger partial charge in [0.15, 0.2) is 0 Å². The molecule has 5 nitrogen and oxygen atoms in total. The monoisotopic (exact) mass is 352 g/mol. The predicted octanol–water partition coefficient (Wildman–Crippen LogP) is 4.41. The molecule has 136 valence electrons. The van der Waals surface area contributed by atoms with Gasteiger partial charge in [-0.2, -0.15) is 0 Å². The minimum Gasteiger partial charge on any atom is -0.410 e. The highest BCUT2D eigenvalue weighted by atomic mass is 16.6. The van der Waals surface area contributed by atoms with Crippen LogP contribution < -0.4 is 10.1 Å². The lowest BCUT2D eigenvalue weighted by Gasteiger charge is -2.24. The number of likely N-dealkylation sites (tertiary alicyclic amines) is 1. The number of rotatable bonds is 4. The number of nitrogens with one attached hydrogen (secondary N) is 1. The van der Waals surface area contributed by atoms with Crippen molar-refractivity contribution in [2.45, 2.75) is 38.6 Å². The second-order valence-electron chi connectivity index (χ2n) is 6.76. The minimum absolute atomic E-state index is 0.166.